The van der Waals surface area contributed by atoms with Crippen molar-refractivity contribution in [3.8, 4) is 0 Å². The van der Waals surface area contributed by atoms with E-state index >= 15 is 0 Å². The number of nitrogens with one attached hydrogen (secondary N) is 1. The van der Waals surface area contributed by atoms with Crippen LogP contribution >= 0.6 is 11.6 Å². The molecule has 2 unspecified atom stereocenters. The molecule has 0 amide bonds. The first-order valence-electron chi connectivity index (χ1n) is 8.20. The van der Waals surface area contributed by atoms with Gasteiger partial charge in [-0.1, -0.05) is 48.0 Å². The first-order valence-corrected chi connectivity index (χ1v) is 8.58. The lowest BCUT2D eigenvalue weighted by molar-refractivity contribution is 0.173. The smallest absolute Gasteiger partial charge is 0.152 e. The molecule has 0 saturated carbocycles. The van der Waals surface area contributed by atoms with E-state index < -0.39 is 0 Å². The summed E-state index contributed by atoms with van der Waals surface area (Å²) in [4.78, 5) is 4.37. The number of rotatable bonds is 7. The second-order valence-electron chi connectivity index (χ2n) is 6.10. The zero-order chi connectivity index (χ0) is 16.9. The van der Waals surface area contributed by atoms with Crippen molar-refractivity contribution in [2.45, 2.75) is 31.9 Å². The average Bonchev–Trinajstić information content (AvgIpc) is 2.90. The van der Waals surface area contributed by atoms with E-state index in [-0.39, 0.29) is 12.0 Å². The topological polar surface area (TPSA) is 49.6 Å². The number of nitrogens with zero attached hydrogens (tertiary/aromatic N) is 2. The predicted octanol–water partition coefficient (Wildman–Crippen LogP) is 3.63. The molecule has 1 aromatic carbocycles. The molecular weight excluding hydrogens is 322 g/mol. The van der Waals surface area contributed by atoms with E-state index in [1.807, 2.05) is 53.9 Å². The molecule has 5 heteroatoms. The van der Waals surface area contributed by atoms with Crippen molar-refractivity contribution in [3.63, 3.8) is 0 Å². The molecule has 2 heterocycles. The van der Waals surface area contributed by atoms with Gasteiger partial charge >= 0.3 is 0 Å². The van der Waals surface area contributed by atoms with Gasteiger partial charge in [-0.15, -0.1) is 0 Å². The molecular formula is C19H22ClN3O. The summed E-state index contributed by atoms with van der Waals surface area (Å²) in [5.41, 5.74) is 3.04. The molecule has 2 atom stereocenters. The van der Waals surface area contributed by atoms with E-state index in [1.165, 1.54) is 5.56 Å². The quantitative estimate of drug-likeness (QED) is 0.688. The Morgan fingerprint density at radius 3 is 2.67 bits per heavy atom. The standard InChI is InChI=1S/C19H22ClN3O/c1-14(24)11-16(15-7-3-2-4-8-15)12-21-13-17-19(20)22-18-9-5-6-10-23(17)18/h2-10,14,16,21,24H,11-13H2,1H3. The highest BCUT2D eigenvalue weighted by molar-refractivity contribution is 6.30. The maximum Gasteiger partial charge on any atom is 0.152 e. The van der Waals surface area contributed by atoms with Gasteiger partial charge in [0.15, 0.2) is 5.15 Å². The van der Waals surface area contributed by atoms with Crippen LogP contribution in [0.3, 0.4) is 0 Å². The number of fused-ring (bicyclic) bond motifs is 1. The number of pyridine rings is 1. The van der Waals surface area contributed by atoms with Gasteiger partial charge in [-0.2, -0.15) is 0 Å². The molecule has 0 radical (unpaired) electrons. The van der Waals surface area contributed by atoms with Crippen LogP contribution in [0.5, 0.6) is 0 Å². The van der Waals surface area contributed by atoms with Crippen LogP contribution in [0.15, 0.2) is 54.7 Å². The van der Waals surface area contributed by atoms with Crippen molar-refractivity contribution in [1.29, 1.82) is 0 Å². The number of hydrogen-bond donors (Lipinski definition) is 2. The normalized spacial score (nSPS) is 14.0. The zero-order valence-corrected chi connectivity index (χ0v) is 14.4. The largest absolute Gasteiger partial charge is 0.393 e. The van der Waals surface area contributed by atoms with Gasteiger partial charge in [0.2, 0.25) is 0 Å². The highest BCUT2D eigenvalue weighted by atomic mass is 35.5. The van der Waals surface area contributed by atoms with Crippen LogP contribution in [0.4, 0.5) is 0 Å². The summed E-state index contributed by atoms with van der Waals surface area (Å²) < 4.78 is 2.00. The Balaban J connectivity index is 1.69. The lowest BCUT2D eigenvalue weighted by Crippen LogP contribution is -2.24. The third-order valence-electron chi connectivity index (χ3n) is 4.16. The van der Waals surface area contributed by atoms with Gasteiger partial charge in [0.25, 0.3) is 0 Å². The Morgan fingerprint density at radius 2 is 1.92 bits per heavy atom. The molecule has 0 bridgehead atoms. The maximum absolute atomic E-state index is 9.79. The molecule has 2 aromatic heterocycles. The monoisotopic (exact) mass is 343 g/mol. The van der Waals surface area contributed by atoms with E-state index in [1.54, 1.807) is 0 Å². The summed E-state index contributed by atoms with van der Waals surface area (Å²) >= 11 is 6.27. The maximum atomic E-state index is 9.79. The Hall–Kier alpha value is -1.88. The van der Waals surface area contributed by atoms with Gasteiger partial charge in [-0.25, -0.2) is 4.98 Å². The van der Waals surface area contributed by atoms with Crippen LogP contribution in [-0.4, -0.2) is 27.1 Å². The highest BCUT2D eigenvalue weighted by Gasteiger charge is 2.15. The van der Waals surface area contributed by atoms with Crippen LogP contribution in [-0.2, 0) is 6.54 Å². The number of aliphatic hydroxyl groups is 1. The van der Waals surface area contributed by atoms with Crippen LogP contribution < -0.4 is 5.32 Å². The minimum atomic E-state index is -0.337. The van der Waals surface area contributed by atoms with Crippen molar-refractivity contribution in [3.05, 3.63) is 71.1 Å². The van der Waals surface area contributed by atoms with Crippen molar-refractivity contribution in [2.75, 3.05) is 6.54 Å². The van der Waals surface area contributed by atoms with Crippen LogP contribution in [0.1, 0.15) is 30.5 Å². The molecule has 126 valence electrons. The fraction of sp³-hybridized carbons (Fsp3) is 0.316. The minimum absolute atomic E-state index is 0.254. The fourth-order valence-electron chi connectivity index (χ4n) is 3.02. The van der Waals surface area contributed by atoms with Gasteiger partial charge in [0, 0.05) is 19.3 Å². The van der Waals surface area contributed by atoms with E-state index in [4.69, 9.17) is 11.6 Å². The number of imidazole rings is 1. The zero-order valence-electron chi connectivity index (χ0n) is 13.7. The first-order chi connectivity index (χ1) is 11.6. The molecule has 2 N–H and O–H groups in total. The number of benzene rings is 1. The fourth-order valence-corrected chi connectivity index (χ4v) is 3.26. The molecule has 0 spiro atoms. The predicted molar refractivity (Wildman–Crippen MR) is 97.4 cm³/mol. The van der Waals surface area contributed by atoms with E-state index in [2.05, 4.69) is 22.4 Å². The molecule has 0 aliphatic rings. The minimum Gasteiger partial charge on any atom is -0.393 e. The molecule has 0 aliphatic heterocycles. The van der Waals surface area contributed by atoms with E-state index in [0.29, 0.717) is 11.7 Å². The van der Waals surface area contributed by atoms with Crippen LogP contribution in [0.2, 0.25) is 5.15 Å². The molecule has 3 aromatic rings. The first kappa shape index (κ1) is 17.0. The SMILES string of the molecule is CC(O)CC(CNCc1c(Cl)nc2ccccn12)c1ccccc1. The summed E-state index contributed by atoms with van der Waals surface area (Å²) in [7, 11) is 0. The van der Waals surface area contributed by atoms with Crippen LogP contribution in [0, 0.1) is 0 Å². The Bertz CT molecular complexity index is 786. The number of aliphatic hydroxyl groups excluding tert-OH is 1. The van der Waals surface area contributed by atoms with E-state index in [9.17, 15) is 5.11 Å². The lowest BCUT2D eigenvalue weighted by Gasteiger charge is -2.19. The summed E-state index contributed by atoms with van der Waals surface area (Å²) in [6, 6.07) is 16.1. The van der Waals surface area contributed by atoms with E-state index in [0.717, 1.165) is 24.3 Å². The molecule has 3 rings (SSSR count). The summed E-state index contributed by atoms with van der Waals surface area (Å²) in [5, 5.41) is 13.8. The average molecular weight is 344 g/mol. The van der Waals surface area contributed by atoms with Crippen molar-refractivity contribution in [2.24, 2.45) is 0 Å². The molecule has 24 heavy (non-hydrogen) atoms. The van der Waals surface area contributed by atoms with Gasteiger partial charge in [-0.05, 0) is 37.0 Å². The van der Waals surface area contributed by atoms with Crippen molar-refractivity contribution in [1.82, 2.24) is 14.7 Å². The van der Waals surface area contributed by atoms with Crippen molar-refractivity contribution < 1.29 is 5.11 Å². The Kier molecular flexibility index (Phi) is 5.51. The van der Waals surface area contributed by atoms with Crippen LogP contribution in [0.25, 0.3) is 5.65 Å². The summed E-state index contributed by atoms with van der Waals surface area (Å²) in [6.45, 7) is 3.23. The second kappa shape index (κ2) is 7.79. The van der Waals surface area contributed by atoms with Crippen molar-refractivity contribution >= 4 is 17.2 Å². The summed E-state index contributed by atoms with van der Waals surface area (Å²) in [5.74, 6) is 0.254. The third-order valence-corrected chi connectivity index (χ3v) is 4.46. The van der Waals surface area contributed by atoms with Gasteiger partial charge in [-0.3, -0.25) is 0 Å². The molecule has 4 nitrogen and oxygen atoms in total. The number of halogens is 1. The number of aromatic nitrogens is 2. The van der Waals surface area contributed by atoms with Gasteiger partial charge in [0.1, 0.15) is 5.65 Å². The second-order valence-corrected chi connectivity index (χ2v) is 6.46. The Morgan fingerprint density at radius 1 is 1.17 bits per heavy atom. The van der Waals surface area contributed by atoms with Gasteiger partial charge in [0.05, 0.1) is 11.8 Å². The van der Waals surface area contributed by atoms with Gasteiger partial charge < -0.3 is 14.8 Å². The molecule has 0 fully saturated rings. The molecule has 0 aliphatic carbocycles. The third kappa shape index (κ3) is 3.96. The highest BCUT2D eigenvalue weighted by Crippen LogP contribution is 2.22. The lowest BCUT2D eigenvalue weighted by atomic mass is 9.93. The Labute approximate surface area is 147 Å². The summed E-state index contributed by atoms with van der Waals surface area (Å²) in [6.07, 6.45) is 2.35. The number of hydrogen-bond acceptors (Lipinski definition) is 3. The molecule has 0 saturated heterocycles.